The summed E-state index contributed by atoms with van der Waals surface area (Å²) in [5.41, 5.74) is 13.6. The molecule has 0 spiro atoms. The molecule has 3 heteroatoms. The van der Waals surface area contributed by atoms with Crippen molar-refractivity contribution in [1.82, 2.24) is 9.13 Å². The van der Waals surface area contributed by atoms with Crippen molar-refractivity contribution in [3.05, 3.63) is 182 Å². The van der Waals surface area contributed by atoms with E-state index in [0.29, 0.717) is 0 Å². The molecule has 0 saturated carbocycles. The van der Waals surface area contributed by atoms with Crippen LogP contribution in [0.3, 0.4) is 0 Å². The molecule has 0 amide bonds. The fourth-order valence-electron chi connectivity index (χ4n) is 8.29. The molecule has 8 aromatic carbocycles. The molecule has 3 nitrogen and oxygen atoms in total. The Labute approximate surface area is 293 Å². The van der Waals surface area contributed by atoms with Crippen molar-refractivity contribution in [2.24, 2.45) is 0 Å². The molecule has 3 aromatic heterocycles. The Balaban J connectivity index is 1.12. The second-order valence-corrected chi connectivity index (χ2v) is 13.3. The number of furan rings is 1. The van der Waals surface area contributed by atoms with Gasteiger partial charge in [0.1, 0.15) is 11.2 Å². The van der Waals surface area contributed by atoms with Gasteiger partial charge in [0.2, 0.25) is 0 Å². The second-order valence-electron chi connectivity index (χ2n) is 13.3. The van der Waals surface area contributed by atoms with Gasteiger partial charge in [-0.3, -0.25) is 0 Å². The van der Waals surface area contributed by atoms with Crippen LogP contribution < -0.4 is 0 Å². The standard InChI is InChI=1S/C48H30N2O/c1-2-12-31(13-3-1)33-14-10-15-35(30-33)50-42-22-8-5-18-40(42)47-44(50)29-28-43-46(47)39-17-4-7-21-41(39)49(43)34-26-24-32(25-27-34)36-19-11-20-38-37-16-6-9-23-45(37)51-48(36)38/h1-30H. The summed E-state index contributed by atoms with van der Waals surface area (Å²) in [4.78, 5) is 0. The molecule has 0 aliphatic carbocycles. The van der Waals surface area contributed by atoms with Gasteiger partial charge in [-0.2, -0.15) is 0 Å². The Hall–Kier alpha value is -6.84. The molecule has 238 valence electrons. The minimum absolute atomic E-state index is 0.915. The Morgan fingerprint density at radius 2 is 0.902 bits per heavy atom. The van der Waals surface area contributed by atoms with Crippen molar-refractivity contribution in [2.75, 3.05) is 0 Å². The molecule has 0 bridgehead atoms. The van der Waals surface area contributed by atoms with Crippen LogP contribution in [0.1, 0.15) is 0 Å². The summed E-state index contributed by atoms with van der Waals surface area (Å²) in [7, 11) is 0. The van der Waals surface area contributed by atoms with Crippen LogP contribution in [0.25, 0.3) is 99.2 Å². The van der Waals surface area contributed by atoms with Gasteiger partial charge in [0.05, 0.1) is 22.1 Å². The van der Waals surface area contributed by atoms with Crippen molar-refractivity contribution in [2.45, 2.75) is 0 Å². The van der Waals surface area contributed by atoms with E-state index in [-0.39, 0.29) is 0 Å². The highest BCUT2D eigenvalue weighted by molar-refractivity contribution is 6.29. The van der Waals surface area contributed by atoms with Crippen LogP contribution in [0.4, 0.5) is 0 Å². The maximum Gasteiger partial charge on any atom is 0.143 e. The Bertz CT molecular complexity index is 3120. The van der Waals surface area contributed by atoms with E-state index >= 15 is 0 Å². The number of hydrogen-bond acceptors (Lipinski definition) is 1. The lowest BCUT2D eigenvalue weighted by molar-refractivity contribution is 0.670. The van der Waals surface area contributed by atoms with E-state index in [1.165, 1.54) is 54.7 Å². The van der Waals surface area contributed by atoms with E-state index in [9.17, 15) is 0 Å². The lowest BCUT2D eigenvalue weighted by atomic mass is 10.0. The van der Waals surface area contributed by atoms with Crippen LogP contribution in [-0.4, -0.2) is 9.13 Å². The molecular weight excluding hydrogens is 621 g/mol. The zero-order chi connectivity index (χ0) is 33.5. The van der Waals surface area contributed by atoms with Gasteiger partial charge in [-0.25, -0.2) is 0 Å². The quantitative estimate of drug-likeness (QED) is 0.186. The van der Waals surface area contributed by atoms with E-state index < -0.39 is 0 Å². The summed E-state index contributed by atoms with van der Waals surface area (Å²) in [5.74, 6) is 0. The lowest BCUT2D eigenvalue weighted by Crippen LogP contribution is -1.95. The van der Waals surface area contributed by atoms with Gasteiger partial charge in [0.25, 0.3) is 0 Å². The van der Waals surface area contributed by atoms with Crippen molar-refractivity contribution in [1.29, 1.82) is 0 Å². The van der Waals surface area contributed by atoms with Gasteiger partial charge >= 0.3 is 0 Å². The largest absolute Gasteiger partial charge is 0.455 e. The molecule has 0 fully saturated rings. The highest BCUT2D eigenvalue weighted by Crippen LogP contribution is 2.43. The molecule has 0 radical (unpaired) electrons. The SMILES string of the molecule is c1ccc(-c2cccc(-n3c4ccccc4c4c5c6ccccc6n(-c6ccc(-c7cccc8c7oc7ccccc78)cc6)c5ccc43)c2)cc1. The van der Waals surface area contributed by atoms with Crippen molar-refractivity contribution >= 4 is 65.6 Å². The number of rotatable bonds is 4. The minimum atomic E-state index is 0.915. The summed E-state index contributed by atoms with van der Waals surface area (Å²) < 4.78 is 11.2. The molecule has 11 rings (SSSR count). The Kier molecular flexibility index (Phi) is 5.96. The van der Waals surface area contributed by atoms with Crippen LogP contribution in [0, 0.1) is 0 Å². The Morgan fingerprint density at radius 3 is 1.63 bits per heavy atom. The van der Waals surface area contributed by atoms with Crippen molar-refractivity contribution < 1.29 is 4.42 Å². The van der Waals surface area contributed by atoms with E-state index in [0.717, 1.165) is 44.4 Å². The van der Waals surface area contributed by atoms with Gasteiger partial charge in [0, 0.05) is 49.3 Å². The molecule has 3 heterocycles. The topological polar surface area (TPSA) is 23.0 Å². The summed E-state index contributed by atoms with van der Waals surface area (Å²) in [5, 5.41) is 7.33. The monoisotopic (exact) mass is 650 g/mol. The third-order valence-electron chi connectivity index (χ3n) is 10.5. The van der Waals surface area contributed by atoms with Gasteiger partial charge in [-0.15, -0.1) is 0 Å². The van der Waals surface area contributed by atoms with E-state index in [2.05, 4.69) is 179 Å². The second kappa shape index (κ2) is 10.8. The number of fused-ring (bicyclic) bond motifs is 10. The number of aromatic nitrogens is 2. The van der Waals surface area contributed by atoms with Crippen LogP contribution >= 0.6 is 0 Å². The highest BCUT2D eigenvalue weighted by atomic mass is 16.3. The number of nitrogens with zero attached hydrogens (tertiary/aromatic N) is 2. The molecule has 0 aliphatic rings. The van der Waals surface area contributed by atoms with Gasteiger partial charge < -0.3 is 13.6 Å². The molecule has 51 heavy (non-hydrogen) atoms. The van der Waals surface area contributed by atoms with Gasteiger partial charge in [0.15, 0.2) is 0 Å². The molecule has 11 aromatic rings. The van der Waals surface area contributed by atoms with Crippen LogP contribution in [0.5, 0.6) is 0 Å². The maximum absolute atomic E-state index is 6.39. The molecule has 0 N–H and O–H groups in total. The normalized spacial score (nSPS) is 11.9. The number of para-hydroxylation sites is 4. The van der Waals surface area contributed by atoms with Crippen LogP contribution in [-0.2, 0) is 0 Å². The molecule has 0 saturated heterocycles. The first-order valence-electron chi connectivity index (χ1n) is 17.4. The molecule has 0 unspecified atom stereocenters. The van der Waals surface area contributed by atoms with Gasteiger partial charge in [-0.05, 0) is 71.3 Å². The predicted octanol–water partition coefficient (Wildman–Crippen LogP) is 13.1. The average Bonchev–Trinajstić information content (AvgIpc) is 3.86. The van der Waals surface area contributed by atoms with E-state index in [1.807, 2.05) is 12.1 Å². The third-order valence-corrected chi connectivity index (χ3v) is 10.5. The number of hydrogen-bond donors (Lipinski definition) is 0. The summed E-state index contributed by atoms with van der Waals surface area (Å²) in [6.07, 6.45) is 0. The summed E-state index contributed by atoms with van der Waals surface area (Å²) in [6.45, 7) is 0. The maximum atomic E-state index is 6.39. The lowest BCUT2D eigenvalue weighted by Gasteiger charge is -2.11. The fourth-order valence-corrected chi connectivity index (χ4v) is 8.29. The Morgan fingerprint density at radius 1 is 0.333 bits per heavy atom. The summed E-state index contributed by atoms with van der Waals surface area (Å²) >= 11 is 0. The van der Waals surface area contributed by atoms with E-state index in [4.69, 9.17) is 4.42 Å². The minimum Gasteiger partial charge on any atom is -0.455 e. The zero-order valence-corrected chi connectivity index (χ0v) is 27.6. The third kappa shape index (κ3) is 4.12. The van der Waals surface area contributed by atoms with Crippen molar-refractivity contribution in [3.63, 3.8) is 0 Å². The molecule has 0 atom stereocenters. The fraction of sp³-hybridized carbons (Fsp3) is 0. The molecular formula is C48H30N2O. The number of benzene rings is 8. The predicted molar refractivity (Wildman–Crippen MR) is 213 cm³/mol. The first-order chi connectivity index (χ1) is 25.3. The first kappa shape index (κ1) is 28.0. The van der Waals surface area contributed by atoms with Crippen LogP contribution in [0.2, 0.25) is 0 Å². The smallest absolute Gasteiger partial charge is 0.143 e. The summed E-state index contributed by atoms with van der Waals surface area (Å²) in [6, 6.07) is 65.4. The van der Waals surface area contributed by atoms with Crippen LogP contribution in [0.15, 0.2) is 186 Å². The van der Waals surface area contributed by atoms with Gasteiger partial charge in [-0.1, -0.05) is 127 Å². The van der Waals surface area contributed by atoms with Crippen molar-refractivity contribution in [3.8, 4) is 33.6 Å². The molecule has 0 aliphatic heterocycles. The average molecular weight is 651 g/mol. The zero-order valence-electron chi connectivity index (χ0n) is 27.6. The van der Waals surface area contributed by atoms with E-state index in [1.54, 1.807) is 0 Å². The first-order valence-corrected chi connectivity index (χ1v) is 17.4. The highest BCUT2D eigenvalue weighted by Gasteiger charge is 2.21.